The van der Waals surface area contributed by atoms with Crippen LogP contribution in [0, 0.1) is 0 Å². The minimum Gasteiger partial charge on any atom is -0.420 e. The fourth-order valence-electron chi connectivity index (χ4n) is 1.27. The molecule has 12 heavy (non-hydrogen) atoms. The molecule has 4 N–H and O–H groups in total. The lowest BCUT2D eigenvalue weighted by molar-refractivity contribution is 0.338. The standard InChI is InChI=1S/C8H22N2OSi/c1-3-11-12(6-4-5-9)7-8(2)10/h8,12H,3-7,9-10H2,1-2H3. The van der Waals surface area contributed by atoms with E-state index in [1.807, 2.05) is 13.8 Å². The summed E-state index contributed by atoms with van der Waals surface area (Å²) in [5.41, 5.74) is 11.2. The predicted molar refractivity (Wildman–Crippen MR) is 55.7 cm³/mol. The minimum atomic E-state index is -1.01. The first-order chi connectivity index (χ1) is 5.70. The van der Waals surface area contributed by atoms with Crippen LogP contribution in [-0.2, 0) is 4.43 Å². The summed E-state index contributed by atoms with van der Waals surface area (Å²) >= 11 is 0. The first-order valence-corrected chi connectivity index (χ1v) is 6.88. The highest BCUT2D eigenvalue weighted by atomic mass is 28.3. The zero-order valence-electron chi connectivity index (χ0n) is 8.25. The Morgan fingerprint density at radius 2 is 2.17 bits per heavy atom. The third-order valence-corrected chi connectivity index (χ3v) is 4.89. The third kappa shape index (κ3) is 6.79. The number of nitrogens with two attached hydrogens (primary N) is 2. The molecular weight excluding hydrogens is 168 g/mol. The molecule has 0 aliphatic carbocycles. The fraction of sp³-hybridized carbons (Fsp3) is 1.00. The van der Waals surface area contributed by atoms with Gasteiger partial charge in [-0.2, -0.15) is 0 Å². The lowest BCUT2D eigenvalue weighted by Gasteiger charge is -2.16. The first-order valence-electron chi connectivity index (χ1n) is 4.78. The van der Waals surface area contributed by atoms with Crippen molar-refractivity contribution < 1.29 is 4.43 Å². The van der Waals surface area contributed by atoms with Gasteiger partial charge in [0, 0.05) is 12.6 Å². The molecule has 0 bridgehead atoms. The van der Waals surface area contributed by atoms with Crippen molar-refractivity contribution in [3.8, 4) is 0 Å². The third-order valence-electron chi connectivity index (χ3n) is 1.77. The summed E-state index contributed by atoms with van der Waals surface area (Å²) in [6, 6.07) is 2.53. The van der Waals surface area contributed by atoms with Crippen LogP contribution in [0.5, 0.6) is 0 Å². The molecular formula is C8H22N2OSi. The quantitative estimate of drug-likeness (QED) is 0.573. The molecule has 0 spiro atoms. The molecule has 0 heterocycles. The summed E-state index contributed by atoms with van der Waals surface area (Å²) in [4.78, 5) is 0. The topological polar surface area (TPSA) is 61.3 Å². The van der Waals surface area contributed by atoms with Crippen LogP contribution in [0.15, 0.2) is 0 Å². The summed E-state index contributed by atoms with van der Waals surface area (Å²) in [5, 5.41) is 0. The highest BCUT2D eigenvalue weighted by Gasteiger charge is 2.12. The van der Waals surface area contributed by atoms with Crippen molar-refractivity contribution in [1.29, 1.82) is 0 Å². The van der Waals surface area contributed by atoms with Crippen molar-refractivity contribution in [2.45, 2.75) is 38.4 Å². The average Bonchev–Trinajstić information content (AvgIpc) is 2.00. The molecule has 0 saturated heterocycles. The van der Waals surface area contributed by atoms with Crippen LogP contribution in [0.4, 0.5) is 0 Å². The molecule has 0 saturated carbocycles. The summed E-state index contributed by atoms with van der Waals surface area (Å²) in [7, 11) is -1.01. The van der Waals surface area contributed by atoms with Gasteiger partial charge >= 0.3 is 0 Å². The van der Waals surface area contributed by atoms with E-state index in [1.165, 1.54) is 6.04 Å². The molecule has 0 aromatic heterocycles. The van der Waals surface area contributed by atoms with Gasteiger partial charge in [0.05, 0.1) is 0 Å². The van der Waals surface area contributed by atoms with Gasteiger partial charge in [0.1, 0.15) is 0 Å². The maximum Gasteiger partial charge on any atom is 0.178 e. The van der Waals surface area contributed by atoms with Gasteiger partial charge in [-0.25, -0.2) is 0 Å². The van der Waals surface area contributed by atoms with Crippen LogP contribution < -0.4 is 11.5 Å². The molecule has 0 aromatic rings. The van der Waals surface area contributed by atoms with Gasteiger partial charge in [0.15, 0.2) is 9.04 Å². The van der Waals surface area contributed by atoms with Gasteiger partial charge in [0.25, 0.3) is 0 Å². The molecule has 0 fully saturated rings. The van der Waals surface area contributed by atoms with Crippen molar-refractivity contribution in [2.75, 3.05) is 13.2 Å². The van der Waals surface area contributed by atoms with Gasteiger partial charge in [-0.05, 0) is 32.0 Å². The Bertz CT molecular complexity index is 101. The van der Waals surface area contributed by atoms with Gasteiger partial charge in [0.2, 0.25) is 0 Å². The van der Waals surface area contributed by atoms with Crippen LogP contribution in [0.3, 0.4) is 0 Å². The first kappa shape index (κ1) is 12.1. The van der Waals surface area contributed by atoms with E-state index in [9.17, 15) is 0 Å². The lowest BCUT2D eigenvalue weighted by atomic mass is 10.4. The summed E-state index contributed by atoms with van der Waals surface area (Å²) < 4.78 is 5.66. The monoisotopic (exact) mass is 190 g/mol. The second-order valence-electron chi connectivity index (χ2n) is 3.22. The number of hydrogen-bond donors (Lipinski definition) is 2. The Morgan fingerprint density at radius 1 is 1.50 bits per heavy atom. The predicted octanol–water partition coefficient (Wildman–Crippen LogP) is 0.443. The fourth-order valence-corrected chi connectivity index (χ4v) is 3.80. The molecule has 74 valence electrons. The Hall–Kier alpha value is 0.0969. The zero-order valence-corrected chi connectivity index (χ0v) is 9.41. The SMILES string of the molecule is CCO[SiH](CCCN)CC(C)N. The van der Waals surface area contributed by atoms with Gasteiger partial charge in [-0.15, -0.1) is 0 Å². The summed E-state index contributed by atoms with van der Waals surface area (Å²) in [5.74, 6) is 0. The molecule has 3 nitrogen and oxygen atoms in total. The molecule has 2 atom stereocenters. The van der Waals surface area contributed by atoms with Crippen LogP contribution in [0.1, 0.15) is 20.3 Å². The van der Waals surface area contributed by atoms with Crippen LogP contribution in [0.25, 0.3) is 0 Å². The molecule has 0 aliphatic rings. The van der Waals surface area contributed by atoms with Crippen molar-refractivity contribution in [1.82, 2.24) is 0 Å². The van der Waals surface area contributed by atoms with Crippen molar-refractivity contribution in [2.24, 2.45) is 11.5 Å². The van der Waals surface area contributed by atoms with E-state index in [1.54, 1.807) is 0 Å². The Morgan fingerprint density at radius 3 is 2.58 bits per heavy atom. The lowest BCUT2D eigenvalue weighted by Crippen LogP contribution is -2.28. The zero-order chi connectivity index (χ0) is 9.40. The summed E-state index contributed by atoms with van der Waals surface area (Å²) in [6.07, 6.45) is 1.09. The minimum absolute atomic E-state index is 0.283. The molecule has 4 heteroatoms. The molecule has 2 unspecified atom stereocenters. The second kappa shape index (κ2) is 7.73. The highest BCUT2D eigenvalue weighted by molar-refractivity contribution is 6.52. The molecule has 0 radical (unpaired) electrons. The van der Waals surface area contributed by atoms with Crippen LogP contribution in [0.2, 0.25) is 12.1 Å². The number of hydrogen-bond acceptors (Lipinski definition) is 3. The van der Waals surface area contributed by atoms with Gasteiger partial charge in [-0.3, -0.25) is 0 Å². The van der Waals surface area contributed by atoms with Gasteiger partial charge < -0.3 is 15.9 Å². The second-order valence-corrected chi connectivity index (χ2v) is 5.85. The Kier molecular flexibility index (Phi) is 7.79. The van der Waals surface area contributed by atoms with E-state index in [0.717, 1.165) is 25.6 Å². The Labute approximate surface area is 77.2 Å². The van der Waals surface area contributed by atoms with Crippen molar-refractivity contribution >= 4 is 9.04 Å². The van der Waals surface area contributed by atoms with Crippen LogP contribution >= 0.6 is 0 Å². The van der Waals surface area contributed by atoms with Crippen molar-refractivity contribution in [3.05, 3.63) is 0 Å². The number of rotatable bonds is 7. The van der Waals surface area contributed by atoms with E-state index in [4.69, 9.17) is 15.9 Å². The molecule has 0 aromatic carbocycles. The van der Waals surface area contributed by atoms with E-state index in [0.29, 0.717) is 0 Å². The summed E-state index contributed by atoms with van der Waals surface area (Å²) in [6.45, 7) is 5.69. The largest absolute Gasteiger partial charge is 0.420 e. The van der Waals surface area contributed by atoms with Crippen molar-refractivity contribution in [3.63, 3.8) is 0 Å². The average molecular weight is 190 g/mol. The molecule has 0 rings (SSSR count). The maximum atomic E-state index is 5.72. The van der Waals surface area contributed by atoms with E-state index in [-0.39, 0.29) is 6.04 Å². The molecule has 0 amide bonds. The maximum absolute atomic E-state index is 5.72. The normalized spacial score (nSPS) is 16.0. The Balaban J connectivity index is 3.54. The van der Waals surface area contributed by atoms with Crippen LogP contribution in [-0.4, -0.2) is 28.2 Å². The molecule has 0 aliphatic heterocycles. The van der Waals surface area contributed by atoms with E-state index < -0.39 is 9.04 Å². The van der Waals surface area contributed by atoms with Gasteiger partial charge in [-0.1, -0.05) is 6.92 Å². The smallest absolute Gasteiger partial charge is 0.178 e. The van der Waals surface area contributed by atoms with E-state index in [2.05, 4.69) is 0 Å². The highest BCUT2D eigenvalue weighted by Crippen LogP contribution is 2.06. The van der Waals surface area contributed by atoms with E-state index >= 15 is 0 Å².